The molecule has 4 heteroatoms. The van der Waals surface area contributed by atoms with Gasteiger partial charge in [0, 0.05) is 19.6 Å². The van der Waals surface area contributed by atoms with Gasteiger partial charge in [0.1, 0.15) is 0 Å². The first-order valence-electron chi connectivity index (χ1n) is 5.67. The molecule has 1 aliphatic heterocycles. The second kappa shape index (κ2) is 6.08. The van der Waals surface area contributed by atoms with E-state index in [2.05, 4.69) is 23.9 Å². The van der Waals surface area contributed by atoms with Gasteiger partial charge in [-0.2, -0.15) is 0 Å². The average molecular weight is 214 g/mol. The summed E-state index contributed by atoms with van der Waals surface area (Å²) >= 11 is 0. The Morgan fingerprint density at radius 3 is 2.87 bits per heavy atom. The minimum absolute atomic E-state index is 0.273. The van der Waals surface area contributed by atoms with Gasteiger partial charge < -0.3 is 14.9 Å². The predicted octanol–water partition coefficient (Wildman–Crippen LogP) is 0.735. The molecule has 1 unspecified atom stereocenters. The van der Waals surface area contributed by atoms with E-state index < -0.39 is 5.97 Å². The first kappa shape index (κ1) is 12.5. The second-order valence-corrected chi connectivity index (χ2v) is 4.71. The van der Waals surface area contributed by atoms with Gasteiger partial charge >= 0.3 is 5.97 Å². The third-order valence-electron chi connectivity index (χ3n) is 2.87. The number of carbonyl (C=O) groups is 1. The van der Waals surface area contributed by atoms with Gasteiger partial charge in [-0.3, -0.25) is 4.79 Å². The van der Waals surface area contributed by atoms with Gasteiger partial charge in [0.15, 0.2) is 0 Å². The highest BCUT2D eigenvalue weighted by Crippen LogP contribution is 2.16. The number of rotatable bonds is 5. The highest BCUT2D eigenvalue weighted by molar-refractivity contribution is 5.66. The van der Waals surface area contributed by atoms with Crippen LogP contribution in [0.3, 0.4) is 0 Å². The van der Waals surface area contributed by atoms with E-state index in [9.17, 15) is 4.79 Å². The van der Waals surface area contributed by atoms with Crippen molar-refractivity contribution in [1.29, 1.82) is 0 Å². The number of hydrogen-bond donors (Lipinski definition) is 1. The molecular weight excluding hydrogens is 192 g/mol. The minimum Gasteiger partial charge on any atom is -0.481 e. The van der Waals surface area contributed by atoms with Gasteiger partial charge in [-0.05, 0) is 39.4 Å². The van der Waals surface area contributed by atoms with E-state index in [4.69, 9.17) is 5.11 Å². The summed E-state index contributed by atoms with van der Waals surface area (Å²) in [5, 5.41) is 8.62. The summed E-state index contributed by atoms with van der Waals surface area (Å²) in [6, 6.07) is 0. The van der Waals surface area contributed by atoms with Crippen molar-refractivity contribution >= 4 is 5.97 Å². The first-order chi connectivity index (χ1) is 7.08. The van der Waals surface area contributed by atoms with Crippen LogP contribution in [0.2, 0.25) is 0 Å². The molecule has 1 aliphatic rings. The molecule has 1 rings (SSSR count). The smallest absolute Gasteiger partial charge is 0.304 e. The normalized spacial score (nSPS) is 23.3. The summed E-state index contributed by atoms with van der Waals surface area (Å²) in [6.45, 7) is 3.95. The molecule has 15 heavy (non-hydrogen) atoms. The van der Waals surface area contributed by atoms with E-state index >= 15 is 0 Å². The molecule has 1 N–H and O–H groups in total. The van der Waals surface area contributed by atoms with Crippen molar-refractivity contribution in [2.75, 3.05) is 40.3 Å². The molecule has 0 aliphatic carbocycles. The fraction of sp³-hybridized carbons (Fsp3) is 0.909. The van der Waals surface area contributed by atoms with Crippen LogP contribution in [0.1, 0.15) is 19.3 Å². The zero-order chi connectivity index (χ0) is 11.3. The van der Waals surface area contributed by atoms with Crippen molar-refractivity contribution in [3.63, 3.8) is 0 Å². The first-order valence-corrected chi connectivity index (χ1v) is 5.67. The van der Waals surface area contributed by atoms with E-state index in [-0.39, 0.29) is 6.42 Å². The molecule has 4 nitrogen and oxygen atoms in total. The average Bonchev–Trinajstić information content (AvgIpc) is 2.14. The molecule has 0 aromatic carbocycles. The predicted molar refractivity (Wildman–Crippen MR) is 60.0 cm³/mol. The van der Waals surface area contributed by atoms with E-state index in [0.717, 1.165) is 19.6 Å². The Kier molecular flexibility index (Phi) is 5.05. The van der Waals surface area contributed by atoms with Gasteiger partial charge in [-0.1, -0.05) is 0 Å². The molecular formula is C11H22N2O2. The van der Waals surface area contributed by atoms with Crippen LogP contribution in [-0.4, -0.2) is 61.2 Å². The van der Waals surface area contributed by atoms with Gasteiger partial charge in [-0.15, -0.1) is 0 Å². The third-order valence-corrected chi connectivity index (χ3v) is 2.87. The Balaban J connectivity index is 2.25. The molecule has 1 saturated heterocycles. The Labute approximate surface area is 91.9 Å². The number of carboxylic acid groups (broad SMARTS) is 1. The largest absolute Gasteiger partial charge is 0.481 e. The standard InChI is InChI=1S/C11H22N2O2/c1-12(2)8-10-4-3-6-13(9-10)7-5-11(14)15/h10H,3-9H2,1-2H3,(H,14,15). The lowest BCUT2D eigenvalue weighted by molar-refractivity contribution is -0.137. The molecule has 1 fully saturated rings. The Morgan fingerprint density at radius 2 is 2.27 bits per heavy atom. The van der Waals surface area contributed by atoms with Crippen LogP contribution in [0.4, 0.5) is 0 Å². The third kappa shape index (κ3) is 5.14. The summed E-state index contributed by atoms with van der Waals surface area (Å²) in [5.74, 6) is 0.0206. The van der Waals surface area contributed by atoms with Gasteiger partial charge in [0.05, 0.1) is 6.42 Å². The number of piperidine rings is 1. The highest BCUT2D eigenvalue weighted by atomic mass is 16.4. The van der Waals surface area contributed by atoms with Crippen LogP contribution in [-0.2, 0) is 4.79 Å². The van der Waals surface area contributed by atoms with Crippen molar-refractivity contribution in [2.24, 2.45) is 5.92 Å². The van der Waals surface area contributed by atoms with E-state index in [0.29, 0.717) is 12.5 Å². The minimum atomic E-state index is -0.690. The summed E-state index contributed by atoms with van der Waals surface area (Å²) < 4.78 is 0. The molecule has 0 aromatic heterocycles. The number of likely N-dealkylation sites (tertiary alicyclic amines) is 1. The van der Waals surface area contributed by atoms with Crippen LogP contribution in [0.15, 0.2) is 0 Å². The molecule has 0 radical (unpaired) electrons. The van der Waals surface area contributed by atoms with Crippen LogP contribution >= 0.6 is 0 Å². The zero-order valence-corrected chi connectivity index (χ0v) is 9.78. The van der Waals surface area contributed by atoms with E-state index in [1.165, 1.54) is 12.8 Å². The lowest BCUT2D eigenvalue weighted by Gasteiger charge is -2.33. The van der Waals surface area contributed by atoms with E-state index in [1.807, 2.05) is 0 Å². The summed E-state index contributed by atoms with van der Waals surface area (Å²) in [4.78, 5) is 15.0. The Hall–Kier alpha value is -0.610. The lowest BCUT2D eigenvalue weighted by Crippen LogP contribution is -2.40. The van der Waals surface area contributed by atoms with Crippen molar-refractivity contribution < 1.29 is 9.90 Å². The van der Waals surface area contributed by atoms with Crippen molar-refractivity contribution in [3.05, 3.63) is 0 Å². The van der Waals surface area contributed by atoms with Crippen molar-refractivity contribution in [1.82, 2.24) is 9.80 Å². The van der Waals surface area contributed by atoms with Gasteiger partial charge in [0.2, 0.25) is 0 Å². The summed E-state index contributed by atoms with van der Waals surface area (Å²) in [7, 11) is 4.19. The number of aliphatic carboxylic acids is 1. The van der Waals surface area contributed by atoms with Crippen LogP contribution in [0.5, 0.6) is 0 Å². The number of carboxylic acids is 1. The topological polar surface area (TPSA) is 43.8 Å². The summed E-state index contributed by atoms with van der Waals surface area (Å²) in [5.41, 5.74) is 0. The lowest BCUT2D eigenvalue weighted by atomic mass is 9.97. The number of hydrogen-bond acceptors (Lipinski definition) is 3. The van der Waals surface area contributed by atoms with Gasteiger partial charge in [0.25, 0.3) is 0 Å². The maximum Gasteiger partial charge on any atom is 0.304 e. The fourth-order valence-corrected chi connectivity index (χ4v) is 2.27. The summed E-state index contributed by atoms with van der Waals surface area (Å²) in [6.07, 6.45) is 2.76. The van der Waals surface area contributed by atoms with E-state index in [1.54, 1.807) is 0 Å². The molecule has 0 bridgehead atoms. The zero-order valence-electron chi connectivity index (χ0n) is 9.78. The molecule has 0 spiro atoms. The molecule has 0 saturated carbocycles. The quantitative estimate of drug-likeness (QED) is 0.733. The van der Waals surface area contributed by atoms with Crippen LogP contribution in [0, 0.1) is 5.92 Å². The molecule has 1 heterocycles. The Morgan fingerprint density at radius 1 is 1.53 bits per heavy atom. The van der Waals surface area contributed by atoms with Crippen LogP contribution < -0.4 is 0 Å². The van der Waals surface area contributed by atoms with Crippen molar-refractivity contribution in [3.8, 4) is 0 Å². The molecule has 88 valence electrons. The van der Waals surface area contributed by atoms with Crippen LogP contribution in [0.25, 0.3) is 0 Å². The maximum atomic E-state index is 10.5. The van der Waals surface area contributed by atoms with Crippen molar-refractivity contribution in [2.45, 2.75) is 19.3 Å². The SMILES string of the molecule is CN(C)CC1CCCN(CCC(=O)O)C1. The molecule has 0 amide bonds. The fourth-order valence-electron chi connectivity index (χ4n) is 2.27. The second-order valence-electron chi connectivity index (χ2n) is 4.71. The molecule has 0 aromatic rings. The van der Waals surface area contributed by atoms with Gasteiger partial charge in [-0.25, -0.2) is 0 Å². The highest BCUT2D eigenvalue weighted by Gasteiger charge is 2.20. The monoisotopic (exact) mass is 214 g/mol. The maximum absolute atomic E-state index is 10.5. The molecule has 1 atom stereocenters. The number of nitrogens with zero attached hydrogens (tertiary/aromatic N) is 2. The Bertz CT molecular complexity index is 207.